The SMILES string of the molecule is O=C(NCC(O)C(F)F)c1cc(Cl)sc1Cl. The predicted molar refractivity (Wildman–Crippen MR) is 58.7 cm³/mol. The largest absolute Gasteiger partial charge is 0.385 e. The van der Waals surface area contributed by atoms with Gasteiger partial charge < -0.3 is 10.4 Å². The second-order valence-electron chi connectivity index (χ2n) is 2.85. The summed E-state index contributed by atoms with van der Waals surface area (Å²) in [6.45, 7) is -0.541. The molecular formula is C8H7Cl2F2NO2S. The zero-order chi connectivity index (χ0) is 12.3. The Morgan fingerprint density at radius 2 is 2.19 bits per heavy atom. The third-order valence-corrected chi connectivity index (χ3v) is 3.15. The van der Waals surface area contributed by atoms with Crippen LogP contribution in [0.15, 0.2) is 6.07 Å². The molecule has 0 radical (unpaired) electrons. The maximum absolute atomic E-state index is 11.9. The number of carbonyl (C=O) groups excluding carboxylic acids is 1. The number of amides is 1. The molecule has 0 bridgehead atoms. The lowest BCUT2D eigenvalue weighted by Crippen LogP contribution is -2.35. The number of hydrogen-bond acceptors (Lipinski definition) is 3. The van der Waals surface area contributed by atoms with Gasteiger partial charge in [-0.3, -0.25) is 4.79 Å². The quantitative estimate of drug-likeness (QED) is 0.894. The van der Waals surface area contributed by atoms with Gasteiger partial charge in [0.05, 0.1) is 9.90 Å². The number of nitrogens with one attached hydrogen (secondary N) is 1. The highest BCUT2D eigenvalue weighted by Crippen LogP contribution is 2.30. The van der Waals surface area contributed by atoms with Crippen LogP contribution in [0, 0.1) is 0 Å². The Labute approximate surface area is 104 Å². The van der Waals surface area contributed by atoms with Gasteiger partial charge >= 0.3 is 0 Å². The maximum Gasteiger partial charge on any atom is 0.265 e. The Hall–Kier alpha value is -0.430. The van der Waals surface area contributed by atoms with E-state index in [0.717, 1.165) is 11.3 Å². The molecule has 1 rings (SSSR count). The fraction of sp³-hybridized carbons (Fsp3) is 0.375. The van der Waals surface area contributed by atoms with E-state index < -0.39 is 25.0 Å². The monoisotopic (exact) mass is 289 g/mol. The molecule has 0 saturated carbocycles. The molecule has 1 aromatic heterocycles. The first-order valence-electron chi connectivity index (χ1n) is 4.11. The number of rotatable bonds is 4. The minimum absolute atomic E-state index is 0.109. The van der Waals surface area contributed by atoms with Gasteiger partial charge in [0.2, 0.25) is 0 Å². The van der Waals surface area contributed by atoms with Gasteiger partial charge in [0.25, 0.3) is 12.3 Å². The lowest BCUT2D eigenvalue weighted by Gasteiger charge is -2.09. The van der Waals surface area contributed by atoms with Crippen LogP contribution in [0.2, 0.25) is 8.67 Å². The van der Waals surface area contributed by atoms with Crippen molar-refractivity contribution >= 4 is 40.4 Å². The minimum Gasteiger partial charge on any atom is -0.385 e. The third-order valence-electron chi connectivity index (χ3n) is 1.66. The van der Waals surface area contributed by atoms with Crippen molar-refractivity contribution in [3.05, 3.63) is 20.3 Å². The smallest absolute Gasteiger partial charge is 0.265 e. The Morgan fingerprint density at radius 1 is 1.56 bits per heavy atom. The van der Waals surface area contributed by atoms with E-state index in [2.05, 4.69) is 5.32 Å². The predicted octanol–water partition coefficient (Wildman–Crippen LogP) is 2.41. The molecule has 1 heterocycles. The minimum atomic E-state index is -2.90. The van der Waals surface area contributed by atoms with Gasteiger partial charge in [0, 0.05) is 6.54 Å². The molecule has 1 atom stereocenters. The van der Waals surface area contributed by atoms with Crippen molar-refractivity contribution in [1.82, 2.24) is 5.32 Å². The van der Waals surface area contributed by atoms with Gasteiger partial charge in [0.15, 0.2) is 0 Å². The molecule has 1 unspecified atom stereocenters. The Kier molecular flexibility index (Phi) is 4.91. The van der Waals surface area contributed by atoms with Crippen LogP contribution in [-0.2, 0) is 0 Å². The maximum atomic E-state index is 11.9. The molecule has 0 spiro atoms. The highest BCUT2D eigenvalue weighted by molar-refractivity contribution is 7.20. The van der Waals surface area contributed by atoms with Gasteiger partial charge in [-0.05, 0) is 6.07 Å². The summed E-state index contributed by atoms with van der Waals surface area (Å²) in [7, 11) is 0. The van der Waals surface area contributed by atoms with Crippen molar-refractivity contribution in [2.75, 3.05) is 6.54 Å². The fourth-order valence-electron chi connectivity index (χ4n) is 0.877. The average Bonchev–Trinajstić information content (AvgIpc) is 2.53. The van der Waals surface area contributed by atoms with Gasteiger partial charge in [-0.2, -0.15) is 0 Å². The molecule has 8 heteroatoms. The molecule has 0 aliphatic carbocycles. The van der Waals surface area contributed by atoms with Crippen molar-refractivity contribution in [2.45, 2.75) is 12.5 Å². The summed E-state index contributed by atoms with van der Waals surface area (Å²) in [5.74, 6) is -0.646. The molecule has 1 amide bonds. The molecule has 3 nitrogen and oxygen atoms in total. The van der Waals surface area contributed by atoms with Crippen LogP contribution in [0.25, 0.3) is 0 Å². The first kappa shape index (κ1) is 13.6. The van der Waals surface area contributed by atoms with Crippen molar-refractivity contribution in [3.63, 3.8) is 0 Å². The normalized spacial score (nSPS) is 12.9. The van der Waals surface area contributed by atoms with Crippen LogP contribution in [-0.4, -0.2) is 30.1 Å². The van der Waals surface area contributed by atoms with Crippen LogP contribution in [0.1, 0.15) is 10.4 Å². The van der Waals surface area contributed by atoms with Crippen molar-refractivity contribution in [3.8, 4) is 0 Å². The second-order valence-corrected chi connectivity index (χ2v) is 5.14. The van der Waals surface area contributed by atoms with E-state index in [4.69, 9.17) is 28.3 Å². The number of thiophene rings is 1. The zero-order valence-corrected chi connectivity index (χ0v) is 10.0. The van der Waals surface area contributed by atoms with Gasteiger partial charge in [-0.1, -0.05) is 23.2 Å². The Morgan fingerprint density at radius 3 is 2.62 bits per heavy atom. The lowest BCUT2D eigenvalue weighted by atomic mass is 10.3. The first-order chi connectivity index (χ1) is 7.41. The molecule has 0 aromatic carbocycles. The standard InChI is InChI=1S/C8H7Cl2F2NO2S/c9-5-1-3(6(10)16-5)8(15)13-2-4(14)7(11)12/h1,4,7,14H,2H2,(H,13,15). The number of aliphatic hydroxyl groups is 1. The summed E-state index contributed by atoms with van der Waals surface area (Å²) in [6.07, 6.45) is -4.79. The van der Waals surface area contributed by atoms with Crippen molar-refractivity contribution in [1.29, 1.82) is 0 Å². The summed E-state index contributed by atoms with van der Waals surface area (Å²) in [5, 5.41) is 10.9. The summed E-state index contributed by atoms with van der Waals surface area (Å²) in [4.78, 5) is 11.4. The van der Waals surface area contributed by atoms with Crippen LogP contribution >= 0.6 is 34.5 Å². The lowest BCUT2D eigenvalue weighted by molar-refractivity contribution is -0.00269. The van der Waals surface area contributed by atoms with Crippen LogP contribution in [0.4, 0.5) is 8.78 Å². The summed E-state index contributed by atoms with van der Waals surface area (Å²) >= 11 is 12.3. The van der Waals surface area contributed by atoms with E-state index >= 15 is 0 Å². The first-order valence-corrected chi connectivity index (χ1v) is 5.68. The summed E-state index contributed by atoms with van der Waals surface area (Å²) in [5.41, 5.74) is 0.109. The average molecular weight is 290 g/mol. The van der Waals surface area contributed by atoms with E-state index in [9.17, 15) is 13.6 Å². The molecule has 0 aliphatic rings. The van der Waals surface area contributed by atoms with E-state index in [-0.39, 0.29) is 9.90 Å². The molecule has 0 saturated heterocycles. The number of aliphatic hydroxyl groups excluding tert-OH is 1. The van der Waals surface area contributed by atoms with Gasteiger partial charge in [-0.25, -0.2) is 8.78 Å². The molecule has 1 aromatic rings. The van der Waals surface area contributed by atoms with Crippen LogP contribution < -0.4 is 5.32 Å². The number of alkyl halides is 2. The number of halogens is 4. The van der Waals surface area contributed by atoms with E-state index in [1.165, 1.54) is 6.07 Å². The molecule has 90 valence electrons. The van der Waals surface area contributed by atoms with Crippen molar-refractivity contribution < 1.29 is 18.7 Å². The molecule has 16 heavy (non-hydrogen) atoms. The van der Waals surface area contributed by atoms with Crippen LogP contribution in [0.3, 0.4) is 0 Å². The zero-order valence-electron chi connectivity index (χ0n) is 7.71. The molecule has 2 N–H and O–H groups in total. The van der Waals surface area contributed by atoms with E-state index in [0.29, 0.717) is 4.34 Å². The van der Waals surface area contributed by atoms with Gasteiger partial charge in [-0.15, -0.1) is 11.3 Å². The summed E-state index contributed by atoms with van der Waals surface area (Å²) in [6, 6.07) is 1.33. The Balaban J connectivity index is 2.56. The van der Waals surface area contributed by atoms with E-state index in [1.807, 2.05) is 0 Å². The number of carbonyl (C=O) groups is 1. The second kappa shape index (κ2) is 5.77. The van der Waals surface area contributed by atoms with Crippen LogP contribution in [0.5, 0.6) is 0 Å². The topological polar surface area (TPSA) is 49.3 Å². The Bertz CT molecular complexity index is 386. The molecular weight excluding hydrogens is 283 g/mol. The summed E-state index contributed by atoms with van der Waals surface area (Å²) < 4.78 is 24.3. The number of hydrogen-bond donors (Lipinski definition) is 2. The third kappa shape index (κ3) is 3.55. The van der Waals surface area contributed by atoms with Gasteiger partial charge in [0.1, 0.15) is 10.4 Å². The van der Waals surface area contributed by atoms with Crippen molar-refractivity contribution in [2.24, 2.45) is 0 Å². The van der Waals surface area contributed by atoms with E-state index in [1.54, 1.807) is 0 Å². The molecule has 0 fully saturated rings. The highest BCUT2D eigenvalue weighted by Gasteiger charge is 2.19. The highest BCUT2D eigenvalue weighted by atomic mass is 35.5. The fourth-order valence-corrected chi connectivity index (χ4v) is 2.33. The molecule has 0 aliphatic heterocycles.